The number of carbonyl (C=O) groups is 1. The van der Waals surface area contributed by atoms with Crippen LogP contribution in [0.4, 0.5) is 0 Å². The van der Waals surface area contributed by atoms with Gasteiger partial charge < -0.3 is 19.1 Å². The van der Waals surface area contributed by atoms with E-state index in [1.54, 1.807) is 24.1 Å². The zero-order valence-corrected chi connectivity index (χ0v) is 14.8. The SMILES string of the molecule is CN(CCOc1ccccc1Cl)C(=O)Cc1ccc2c(c1)OCCO2. The molecule has 0 N–H and O–H groups in total. The molecule has 132 valence electrons. The maximum absolute atomic E-state index is 12.4. The first-order valence-corrected chi connectivity index (χ1v) is 8.51. The number of rotatable bonds is 6. The third-order valence-electron chi connectivity index (χ3n) is 3.91. The molecule has 0 bridgehead atoms. The molecule has 0 unspecified atom stereocenters. The van der Waals surface area contributed by atoms with Crippen LogP contribution in [0.25, 0.3) is 0 Å². The highest BCUT2D eigenvalue weighted by atomic mass is 35.5. The van der Waals surface area contributed by atoms with Crippen molar-refractivity contribution in [3.05, 3.63) is 53.1 Å². The van der Waals surface area contributed by atoms with Crippen molar-refractivity contribution in [3.8, 4) is 17.2 Å². The van der Waals surface area contributed by atoms with Crippen LogP contribution in [0.1, 0.15) is 5.56 Å². The number of amides is 1. The van der Waals surface area contributed by atoms with E-state index in [1.807, 2.05) is 30.3 Å². The van der Waals surface area contributed by atoms with Crippen molar-refractivity contribution in [3.63, 3.8) is 0 Å². The molecule has 1 aliphatic heterocycles. The van der Waals surface area contributed by atoms with Crippen molar-refractivity contribution in [1.82, 2.24) is 4.90 Å². The Kier molecular flexibility index (Phi) is 5.66. The minimum Gasteiger partial charge on any atom is -0.490 e. The lowest BCUT2D eigenvalue weighted by Crippen LogP contribution is -2.32. The van der Waals surface area contributed by atoms with E-state index in [2.05, 4.69) is 0 Å². The number of carbonyl (C=O) groups excluding carboxylic acids is 1. The summed E-state index contributed by atoms with van der Waals surface area (Å²) in [5, 5.41) is 0.563. The Bertz CT molecular complexity index is 750. The molecule has 0 spiro atoms. The maximum Gasteiger partial charge on any atom is 0.226 e. The van der Waals surface area contributed by atoms with Crippen LogP contribution in [0.3, 0.4) is 0 Å². The topological polar surface area (TPSA) is 48.0 Å². The summed E-state index contributed by atoms with van der Waals surface area (Å²) in [7, 11) is 1.76. The molecule has 0 radical (unpaired) electrons. The highest BCUT2D eigenvalue weighted by Crippen LogP contribution is 2.31. The number of fused-ring (bicyclic) bond motifs is 1. The largest absolute Gasteiger partial charge is 0.490 e. The zero-order chi connectivity index (χ0) is 17.6. The van der Waals surface area contributed by atoms with Crippen molar-refractivity contribution in [2.45, 2.75) is 6.42 Å². The number of likely N-dealkylation sites (N-methyl/N-ethyl adjacent to an activating group) is 1. The Labute approximate surface area is 152 Å². The lowest BCUT2D eigenvalue weighted by atomic mass is 10.1. The van der Waals surface area contributed by atoms with Gasteiger partial charge in [0.2, 0.25) is 5.91 Å². The molecule has 2 aromatic rings. The fraction of sp³-hybridized carbons (Fsp3) is 0.316. The van der Waals surface area contributed by atoms with E-state index in [0.717, 1.165) is 11.3 Å². The summed E-state index contributed by atoms with van der Waals surface area (Å²) in [6.45, 7) is 1.95. The van der Waals surface area contributed by atoms with Crippen LogP contribution in [-0.4, -0.2) is 44.2 Å². The first-order chi connectivity index (χ1) is 12.1. The fourth-order valence-corrected chi connectivity index (χ4v) is 2.68. The molecule has 0 aliphatic carbocycles. The van der Waals surface area contributed by atoms with Gasteiger partial charge in [-0.05, 0) is 29.8 Å². The second-order valence-electron chi connectivity index (χ2n) is 5.75. The minimum atomic E-state index is 0.0134. The first-order valence-electron chi connectivity index (χ1n) is 8.13. The Morgan fingerprint density at radius 3 is 2.72 bits per heavy atom. The summed E-state index contributed by atoms with van der Waals surface area (Å²) in [5.74, 6) is 2.06. The molecule has 1 amide bonds. The van der Waals surface area contributed by atoms with Crippen LogP contribution in [0.2, 0.25) is 5.02 Å². The molecule has 2 aromatic carbocycles. The number of benzene rings is 2. The van der Waals surface area contributed by atoms with E-state index < -0.39 is 0 Å². The number of ether oxygens (including phenoxy) is 3. The normalized spacial score (nSPS) is 12.6. The summed E-state index contributed by atoms with van der Waals surface area (Å²) < 4.78 is 16.7. The predicted octanol–water partition coefficient (Wildman–Crippen LogP) is 3.19. The van der Waals surface area contributed by atoms with Gasteiger partial charge in [-0.25, -0.2) is 0 Å². The number of para-hydroxylation sites is 1. The molecule has 0 atom stereocenters. The van der Waals surface area contributed by atoms with Crippen molar-refractivity contribution in [2.75, 3.05) is 33.4 Å². The summed E-state index contributed by atoms with van der Waals surface area (Å²) >= 11 is 6.04. The van der Waals surface area contributed by atoms with Crippen LogP contribution in [-0.2, 0) is 11.2 Å². The first kappa shape index (κ1) is 17.4. The highest BCUT2D eigenvalue weighted by molar-refractivity contribution is 6.32. The van der Waals surface area contributed by atoms with E-state index in [-0.39, 0.29) is 5.91 Å². The van der Waals surface area contributed by atoms with Crippen LogP contribution in [0.5, 0.6) is 17.2 Å². The Hall–Kier alpha value is -2.40. The van der Waals surface area contributed by atoms with Gasteiger partial charge in [-0.2, -0.15) is 0 Å². The summed E-state index contributed by atoms with van der Waals surface area (Å²) in [6.07, 6.45) is 0.305. The third-order valence-corrected chi connectivity index (χ3v) is 4.22. The third kappa shape index (κ3) is 4.57. The lowest BCUT2D eigenvalue weighted by molar-refractivity contribution is -0.129. The lowest BCUT2D eigenvalue weighted by Gasteiger charge is -2.20. The monoisotopic (exact) mass is 361 g/mol. The number of halogens is 1. The predicted molar refractivity (Wildman–Crippen MR) is 95.7 cm³/mol. The molecule has 1 heterocycles. The van der Waals surface area contributed by atoms with E-state index in [9.17, 15) is 4.79 Å². The van der Waals surface area contributed by atoms with Gasteiger partial charge in [-0.15, -0.1) is 0 Å². The minimum absolute atomic E-state index is 0.0134. The molecular formula is C19H20ClNO4. The van der Waals surface area contributed by atoms with E-state index in [1.165, 1.54) is 0 Å². The highest BCUT2D eigenvalue weighted by Gasteiger charge is 2.15. The number of hydrogen-bond acceptors (Lipinski definition) is 4. The molecule has 6 heteroatoms. The van der Waals surface area contributed by atoms with Gasteiger partial charge in [0, 0.05) is 7.05 Å². The summed E-state index contributed by atoms with van der Waals surface area (Å²) in [5.41, 5.74) is 0.896. The average molecular weight is 362 g/mol. The smallest absolute Gasteiger partial charge is 0.226 e. The molecule has 0 aromatic heterocycles. The number of nitrogens with zero attached hydrogens (tertiary/aromatic N) is 1. The average Bonchev–Trinajstić information content (AvgIpc) is 2.63. The molecule has 25 heavy (non-hydrogen) atoms. The molecule has 0 saturated carbocycles. The molecule has 0 saturated heterocycles. The van der Waals surface area contributed by atoms with Crippen molar-refractivity contribution in [1.29, 1.82) is 0 Å². The van der Waals surface area contributed by atoms with Gasteiger partial charge >= 0.3 is 0 Å². The van der Waals surface area contributed by atoms with Crippen LogP contribution < -0.4 is 14.2 Å². The van der Waals surface area contributed by atoms with Crippen LogP contribution >= 0.6 is 11.6 Å². The van der Waals surface area contributed by atoms with Gasteiger partial charge in [-0.3, -0.25) is 4.79 Å². The van der Waals surface area contributed by atoms with Crippen LogP contribution in [0.15, 0.2) is 42.5 Å². The van der Waals surface area contributed by atoms with Crippen molar-refractivity contribution < 1.29 is 19.0 Å². The van der Waals surface area contributed by atoms with E-state index in [4.69, 9.17) is 25.8 Å². The molecule has 0 fully saturated rings. The van der Waals surface area contributed by atoms with Gasteiger partial charge in [0.15, 0.2) is 11.5 Å². The van der Waals surface area contributed by atoms with E-state index in [0.29, 0.717) is 49.3 Å². The van der Waals surface area contributed by atoms with Gasteiger partial charge in [-0.1, -0.05) is 29.8 Å². The molecule has 1 aliphatic rings. The zero-order valence-electron chi connectivity index (χ0n) is 14.0. The molecule has 3 rings (SSSR count). The maximum atomic E-state index is 12.4. The second-order valence-corrected chi connectivity index (χ2v) is 6.16. The summed E-state index contributed by atoms with van der Waals surface area (Å²) in [6, 6.07) is 12.9. The Balaban J connectivity index is 1.50. The van der Waals surface area contributed by atoms with E-state index >= 15 is 0 Å². The molecule has 5 nitrogen and oxygen atoms in total. The van der Waals surface area contributed by atoms with Crippen LogP contribution in [0, 0.1) is 0 Å². The summed E-state index contributed by atoms with van der Waals surface area (Å²) in [4.78, 5) is 14.0. The fourth-order valence-electron chi connectivity index (χ4n) is 2.49. The Morgan fingerprint density at radius 2 is 1.92 bits per heavy atom. The second kappa shape index (κ2) is 8.12. The van der Waals surface area contributed by atoms with Crippen molar-refractivity contribution in [2.24, 2.45) is 0 Å². The molecular weight excluding hydrogens is 342 g/mol. The van der Waals surface area contributed by atoms with Gasteiger partial charge in [0.05, 0.1) is 18.0 Å². The standard InChI is InChI=1S/C19H20ClNO4/c1-21(8-9-23-16-5-3-2-4-15(16)20)19(22)13-14-6-7-17-18(12-14)25-11-10-24-17/h2-7,12H,8-11,13H2,1H3. The number of hydrogen-bond donors (Lipinski definition) is 0. The van der Waals surface area contributed by atoms with Gasteiger partial charge in [0.1, 0.15) is 25.6 Å². The van der Waals surface area contributed by atoms with Crippen molar-refractivity contribution >= 4 is 17.5 Å². The quantitative estimate of drug-likeness (QED) is 0.792. The van der Waals surface area contributed by atoms with Gasteiger partial charge in [0.25, 0.3) is 0 Å². The Morgan fingerprint density at radius 1 is 1.16 bits per heavy atom.